The van der Waals surface area contributed by atoms with Crippen LogP contribution in [0.4, 0.5) is 4.39 Å². The summed E-state index contributed by atoms with van der Waals surface area (Å²) < 4.78 is 36.7. The van der Waals surface area contributed by atoms with Gasteiger partial charge in [0.25, 0.3) is 0 Å². The van der Waals surface area contributed by atoms with Crippen molar-refractivity contribution in [2.24, 2.45) is 0 Å². The van der Waals surface area contributed by atoms with Gasteiger partial charge in [0.2, 0.25) is 5.66 Å². The lowest BCUT2D eigenvalue weighted by atomic mass is 9.90. The van der Waals surface area contributed by atoms with Crippen molar-refractivity contribution in [3.05, 3.63) is 77.7 Å². The zero-order chi connectivity index (χ0) is 24.9. The number of terminal acetylenes is 1. The van der Waals surface area contributed by atoms with E-state index in [0.29, 0.717) is 28.1 Å². The minimum atomic E-state index is -2.46. The molecule has 178 valence electrons. The summed E-state index contributed by atoms with van der Waals surface area (Å²) in [5.41, 5.74) is 2.98. The lowest BCUT2D eigenvalue weighted by Gasteiger charge is -2.21. The Kier molecular flexibility index (Phi) is 7.67. The fourth-order valence-corrected chi connectivity index (χ4v) is 5.22. The number of aromatic nitrogens is 1. The van der Waals surface area contributed by atoms with Crippen LogP contribution < -0.4 is 0 Å². The molecule has 3 atom stereocenters. The molecule has 8 heteroatoms. The third kappa shape index (κ3) is 5.63. The molecule has 0 spiro atoms. The lowest BCUT2D eigenvalue weighted by Crippen LogP contribution is -2.23. The molecule has 1 saturated carbocycles. The second-order valence-corrected chi connectivity index (χ2v) is 9.77. The Balaban J connectivity index is 1.95. The molecule has 35 heavy (non-hydrogen) atoms. The minimum Gasteiger partial charge on any atom is -0.387 e. The Morgan fingerprint density at radius 1 is 1.20 bits per heavy atom. The van der Waals surface area contributed by atoms with Gasteiger partial charge in [-0.2, -0.15) is 0 Å². The minimum absolute atomic E-state index is 0.0977. The first-order valence-electron chi connectivity index (χ1n) is 11.1. The van der Waals surface area contributed by atoms with Gasteiger partial charge in [-0.15, -0.1) is 4.52 Å². The summed E-state index contributed by atoms with van der Waals surface area (Å²) in [6, 6.07) is 17.3. The maximum Gasteiger partial charge on any atom is 0.518 e. The maximum atomic E-state index is 13.8. The molecule has 0 bridgehead atoms. The van der Waals surface area contributed by atoms with Crippen molar-refractivity contribution in [1.82, 2.24) is 4.98 Å². The van der Waals surface area contributed by atoms with E-state index in [1.165, 1.54) is 19.2 Å². The van der Waals surface area contributed by atoms with E-state index in [0.717, 1.165) is 18.4 Å². The van der Waals surface area contributed by atoms with Crippen LogP contribution in [0.3, 0.4) is 0 Å². The predicted molar refractivity (Wildman–Crippen MR) is 130 cm³/mol. The van der Waals surface area contributed by atoms with E-state index in [1.54, 1.807) is 18.2 Å². The van der Waals surface area contributed by atoms with Crippen molar-refractivity contribution in [3.63, 3.8) is 0 Å². The Morgan fingerprint density at radius 2 is 1.89 bits per heavy atom. The largest absolute Gasteiger partial charge is 0.518 e. The molecule has 3 unspecified atom stereocenters. The van der Waals surface area contributed by atoms with Crippen molar-refractivity contribution in [3.8, 4) is 34.9 Å². The van der Waals surface area contributed by atoms with Gasteiger partial charge in [0.05, 0.1) is 24.9 Å². The summed E-state index contributed by atoms with van der Waals surface area (Å²) >= 11 is 0. The molecular weight excluding hydrogens is 468 g/mol. The van der Waals surface area contributed by atoms with E-state index in [-0.39, 0.29) is 5.92 Å². The molecule has 0 aliphatic heterocycles. The van der Waals surface area contributed by atoms with Crippen molar-refractivity contribution in [2.75, 3.05) is 7.11 Å². The van der Waals surface area contributed by atoms with Gasteiger partial charge in [-0.05, 0) is 46.7 Å². The van der Waals surface area contributed by atoms with Crippen LogP contribution in [0, 0.1) is 18.3 Å². The summed E-state index contributed by atoms with van der Waals surface area (Å²) in [6.07, 6.45) is 6.69. The number of carbonyl (C=O) groups is 1. The van der Waals surface area contributed by atoms with Crippen LogP contribution in [0.1, 0.15) is 42.1 Å². The Hall–Kier alpha value is -3.43. The standard InChI is InChI=1S/C27H24FNO5P/c1-3-34-24(31)16-23(30)27(35(32)33-2)25-21(17-11-13-20(28)14-12-17)15-22(18-7-5-4-6-8-18)29-26(25)19-9-10-19/h1,4-8,11-15,19,23,27,30H,9-10,16H2,2H3/q+1. The molecule has 1 heterocycles. The van der Waals surface area contributed by atoms with E-state index in [9.17, 15) is 18.9 Å². The Bertz CT molecular complexity index is 1270. The summed E-state index contributed by atoms with van der Waals surface area (Å²) in [4.78, 5) is 17.0. The molecule has 4 rings (SSSR count). The molecule has 0 radical (unpaired) electrons. The quantitative estimate of drug-likeness (QED) is 0.233. The molecule has 2 aromatic carbocycles. The van der Waals surface area contributed by atoms with Gasteiger partial charge >= 0.3 is 14.0 Å². The van der Waals surface area contributed by atoms with Gasteiger partial charge in [0, 0.05) is 17.0 Å². The molecule has 0 saturated heterocycles. The molecule has 1 fully saturated rings. The topological polar surface area (TPSA) is 85.7 Å². The number of hydrogen-bond donors (Lipinski definition) is 1. The second-order valence-electron chi connectivity index (χ2n) is 8.28. The van der Waals surface area contributed by atoms with Crippen molar-refractivity contribution >= 4 is 14.0 Å². The highest BCUT2D eigenvalue weighted by Gasteiger charge is 2.47. The van der Waals surface area contributed by atoms with Gasteiger partial charge in [-0.25, -0.2) is 4.39 Å². The monoisotopic (exact) mass is 492 g/mol. The number of aliphatic hydroxyl groups excluding tert-OH is 1. The van der Waals surface area contributed by atoms with E-state index in [2.05, 4.69) is 4.74 Å². The van der Waals surface area contributed by atoms with Crippen molar-refractivity contribution < 1.29 is 28.1 Å². The van der Waals surface area contributed by atoms with E-state index < -0.39 is 38.0 Å². The van der Waals surface area contributed by atoms with E-state index in [1.807, 2.05) is 36.4 Å². The average Bonchev–Trinajstić information content (AvgIpc) is 3.70. The van der Waals surface area contributed by atoms with Gasteiger partial charge in [-0.3, -0.25) is 9.78 Å². The van der Waals surface area contributed by atoms with Crippen LogP contribution in [0.2, 0.25) is 0 Å². The fourth-order valence-electron chi connectivity index (χ4n) is 4.12. The summed E-state index contributed by atoms with van der Waals surface area (Å²) in [5.74, 6) is -1.12. The normalized spacial score (nSPS) is 15.1. The predicted octanol–water partition coefficient (Wildman–Crippen LogP) is 5.75. The highest BCUT2D eigenvalue weighted by atomic mass is 31.1. The first kappa shape index (κ1) is 24.7. The number of rotatable bonds is 9. The summed E-state index contributed by atoms with van der Waals surface area (Å²) in [6.45, 7) is 0. The van der Waals surface area contributed by atoms with Gasteiger partial charge in [0.15, 0.2) is 0 Å². The fraction of sp³-hybridized carbons (Fsp3) is 0.259. The zero-order valence-corrected chi connectivity index (χ0v) is 20.0. The smallest absolute Gasteiger partial charge is 0.387 e. The Labute approximate surface area is 204 Å². The van der Waals surface area contributed by atoms with Gasteiger partial charge in [-0.1, -0.05) is 48.9 Å². The number of benzene rings is 2. The lowest BCUT2D eigenvalue weighted by molar-refractivity contribution is -0.139. The van der Waals surface area contributed by atoms with Crippen LogP contribution in [0.25, 0.3) is 22.4 Å². The van der Waals surface area contributed by atoms with Crippen LogP contribution in [0.5, 0.6) is 0 Å². The average molecular weight is 492 g/mol. The number of halogens is 1. The van der Waals surface area contributed by atoms with Crippen LogP contribution in [-0.2, 0) is 18.6 Å². The molecule has 1 aliphatic carbocycles. The highest BCUT2D eigenvalue weighted by Crippen LogP contribution is 2.53. The third-order valence-electron chi connectivity index (χ3n) is 5.89. The molecule has 1 N–H and O–H groups in total. The van der Waals surface area contributed by atoms with Crippen LogP contribution >= 0.6 is 8.03 Å². The summed E-state index contributed by atoms with van der Waals surface area (Å²) in [7, 11) is -1.18. The molecule has 1 aliphatic rings. The van der Waals surface area contributed by atoms with Gasteiger partial charge < -0.3 is 9.84 Å². The number of nitrogens with zero attached hydrogens (tertiary/aromatic N) is 1. The van der Waals surface area contributed by atoms with Crippen LogP contribution in [0.15, 0.2) is 60.7 Å². The number of ether oxygens (including phenoxy) is 1. The van der Waals surface area contributed by atoms with Crippen LogP contribution in [-0.4, -0.2) is 29.3 Å². The zero-order valence-electron chi connectivity index (χ0n) is 19.1. The number of esters is 1. The first-order valence-corrected chi connectivity index (χ1v) is 12.4. The summed E-state index contributed by atoms with van der Waals surface area (Å²) in [5, 5.41) is 11.1. The van der Waals surface area contributed by atoms with Crippen molar-refractivity contribution in [1.29, 1.82) is 0 Å². The Morgan fingerprint density at radius 3 is 2.49 bits per heavy atom. The number of carbonyl (C=O) groups excluding carboxylic acids is 1. The SMILES string of the molecule is C#COC(=O)CC(O)C(c1c(-c2ccc(F)cc2)cc(-c2ccccc2)nc1C1CC1)[P+](=O)OC. The molecule has 0 amide bonds. The third-order valence-corrected chi connectivity index (χ3v) is 7.31. The molecular formula is C27H24FNO5P+. The molecule has 1 aromatic heterocycles. The highest BCUT2D eigenvalue weighted by molar-refractivity contribution is 7.39. The maximum absolute atomic E-state index is 13.8. The number of pyridine rings is 1. The van der Waals surface area contributed by atoms with E-state index >= 15 is 0 Å². The van der Waals surface area contributed by atoms with E-state index in [4.69, 9.17) is 15.9 Å². The molecule has 3 aromatic rings. The second kappa shape index (κ2) is 10.9. The first-order chi connectivity index (χ1) is 16.9. The van der Waals surface area contributed by atoms with Crippen molar-refractivity contribution in [2.45, 2.75) is 36.9 Å². The number of aliphatic hydroxyl groups is 1. The van der Waals surface area contributed by atoms with Gasteiger partial charge in [0.1, 0.15) is 18.0 Å². The molecule has 6 nitrogen and oxygen atoms in total. The number of hydrogen-bond acceptors (Lipinski definition) is 6.